The third-order valence-electron chi connectivity index (χ3n) is 6.07. The molecule has 2 aliphatic carbocycles. The highest BCUT2D eigenvalue weighted by molar-refractivity contribution is 6.07. The first-order valence-corrected chi connectivity index (χ1v) is 10.2. The number of carbonyl (C=O) groups excluding carboxylic acids is 1. The number of amides is 1. The van der Waals surface area contributed by atoms with Crippen molar-refractivity contribution in [2.45, 2.75) is 19.8 Å². The van der Waals surface area contributed by atoms with Crippen molar-refractivity contribution in [3.63, 3.8) is 0 Å². The molecule has 2 bridgehead atoms. The first-order chi connectivity index (χ1) is 14.2. The van der Waals surface area contributed by atoms with E-state index < -0.39 is 0 Å². The topological polar surface area (TPSA) is 54.4 Å². The highest BCUT2D eigenvalue weighted by Crippen LogP contribution is 2.42. The molecule has 4 nitrogen and oxygen atoms in total. The van der Waals surface area contributed by atoms with Crippen LogP contribution in [0.1, 0.15) is 28.8 Å². The molecule has 5 rings (SSSR count). The SMILES string of the molecule is Cc1ccc(-c2cc(C(=O)NN=C[C@H]3C[C@H]4C=C[C@H]3C4)c3ccccc3n2)cc1. The molecule has 4 heteroatoms. The highest BCUT2D eigenvalue weighted by atomic mass is 16.2. The average molecular weight is 381 g/mol. The van der Waals surface area contributed by atoms with Crippen molar-refractivity contribution in [3.8, 4) is 11.3 Å². The summed E-state index contributed by atoms with van der Waals surface area (Å²) < 4.78 is 0. The van der Waals surface area contributed by atoms with E-state index >= 15 is 0 Å². The number of allylic oxidation sites excluding steroid dienone is 2. The molecule has 2 aromatic carbocycles. The molecule has 0 aliphatic heterocycles. The lowest BCUT2D eigenvalue weighted by molar-refractivity contribution is 0.0956. The quantitative estimate of drug-likeness (QED) is 0.387. The van der Waals surface area contributed by atoms with Gasteiger partial charge in [0.05, 0.1) is 16.8 Å². The monoisotopic (exact) mass is 381 g/mol. The number of benzene rings is 2. The number of aromatic nitrogens is 1. The van der Waals surface area contributed by atoms with Gasteiger partial charge in [0.1, 0.15) is 0 Å². The largest absolute Gasteiger partial charge is 0.272 e. The van der Waals surface area contributed by atoms with Gasteiger partial charge < -0.3 is 0 Å². The van der Waals surface area contributed by atoms with E-state index in [0.717, 1.165) is 28.6 Å². The van der Waals surface area contributed by atoms with Crippen LogP contribution in [0.25, 0.3) is 22.2 Å². The fourth-order valence-corrected chi connectivity index (χ4v) is 4.48. The summed E-state index contributed by atoms with van der Waals surface area (Å²) in [5.74, 6) is 1.50. The van der Waals surface area contributed by atoms with Gasteiger partial charge in [0.2, 0.25) is 0 Å². The molecule has 3 aromatic rings. The van der Waals surface area contributed by atoms with Gasteiger partial charge in [-0.2, -0.15) is 5.10 Å². The zero-order chi connectivity index (χ0) is 19.8. The molecule has 2 aliphatic rings. The molecule has 3 atom stereocenters. The van der Waals surface area contributed by atoms with Gasteiger partial charge in [-0.25, -0.2) is 10.4 Å². The summed E-state index contributed by atoms with van der Waals surface area (Å²) in [4.78, 5) is 17.7. The number of aryl methyl sites for hydroxylation is 1. The van der Waals surface area contributed by atoms with Crippen molar-refractivity contribution >= 4 is 23.0 Å². The fourth-order valence-electron chi connectivity index (χ4n) is 4.48. The maximum absolute atomic E-state index is 13.0. The molecule has 0 unspecified atom stereocenters. The van der Waals surface area contributed by atoms with E-state index in [1.165, 1.54) is 12.0 Å². The second-order valence-corrected chi connectivity index (χ2v) is 8.10. The van der Waals surface area contributed by atoms with E-state index in [2.05, 4.69) is 41.7 Å². The summed E-state index contributed by atoms with van der Waals surface area (Å²) in [6, 6.07) is 17.8. The van der Waals surface area contributed by atoms with Crippen LogP contribution < -0.4 is 5.43 Å². The standard InChI is InChI=1S/C25H23N3O/c1-16-6-9-18(10-7-16)24-14-22(21-4-2-3-5-23(21)27-24)25(29)28-26-15-20-13-17-8-11-19(20)12-17/h2-11,14-15,17,19-20H,12-13H2,1H3,(H,28,29)/t17-,19-,20+/m0/s1. The summed E-state index contributed by atoms with van der Waals surface area (Å²) in [6.45, 7) is 2.06. The Morgan fingerprint density at radius 3 is 2.69 bits per heavy atom. The molecule has 1 saturated carbocycles. The number of nitrogens with one attached hydrogen (secondary N) is 1. The lowest BCUT2D eigenvalue weighted by atomic mass is 9.95. The van der Waals surface area contributed by atoms with Crippen LogP contribution in [0.2, 0.25) is 0 Å². The molecule has 0 saturated heterocycles. The van der Waals surface area contributed by atoms with Gasteiger partial charge in [0.25, 0.3) is 5.91 Å². The number of fused-ring (bicyclic) bond motifs is 3. The summed E-state index contributed by atoms with van der Waals surface area (Å²) in [6.07, 6.45) is 8.87. The molecule has 1 aromatic heterocycles. The number of hydrogen-bond acceptors (Lipinski definition) is 3. The zero-order valence-corrected chi connectivity index (χ0v) is 16.4. The van der Waals surface area contributed by atoms with E-state index in [4.69, 9.17) is 4.98 Å². The van der Waals surface area contributed by atoms with Crippen molar-refractivity contribution < 1.29 is 4.79 Å². The number of nitrogens with zero attached hydrogens (tertiary/aromatic N) is 2. The summed E-state index contributed by atoms with van der Waals surface area (Å²) in [5, 5.41) is 5.12. The second-order valence-electron chi connectivity index (χ2n) is 8.10. The Morgan fingerprint density at radius 1 is 1.10 bits per heavy atom. The fraction of sp³-hybridized carbons (Fsp3) is 0.240. The van der Waals surface area contributed by atoms with Crippen LogP contribution in [-0.2, 0) is 0 Å². The van der Waals surface area contributed by atoms with Crippen molar-refractivity contribution in [1.82, 2.24) is 10.4 Å². The minimum Gasteiger partial charge on any atom is -0.267 e. The van der Waals surface area contributed by atoms with Crippen molar-refractivity contribution in [3.05, 3.63) is 77.9 Å². The first-order valence-electron chi connectivity index (χ1n) is 10.2. The number of hydrogen-bond donors (Lipinski definition) is 1. The van der Waals surface area contributed by atoms with Gasteiger partial charge in [-0.1, -0.05) is 60.2 Å². The Labute approximate surface area is 170 Å². The van der Waals surface area contributed by atoms with E-state index in [0.29, 0.717) is 23.3 Å². The predicted octanol–water partition coefficient (Wildman–Crippen LogP) is 5.14. The maximum atomic E-state index is 13.0. The molecule has 1 heterocycles. The molecule has 1 N–H and O–H groups in total. The lowest BCUT2D eigenvalue weighted by Crippen LogP contribution is -2.20. The third-order valence-corrected chi connectivity index (χ3v) is 6.07. The second kappa shape index (κ2) is 7.28. The third kappa shape index (κ3) is 3.46. The Kier molecular flexibility index (Phi) is 4.47. The normalized spacial score (nSPS) is 22.6. The molecule has 1 fully saturated rings. The van der Waals surface area contributed by atoms with Crippen LogP contribution in [0, 0.1) is 24.7 Å². The Hall–Kier alpha value is -3.27. The Balaban J connectivity index is 1.44. The maximum Gasteiger partial charge on any atom is 0.272 e. The van der Waals surface area contributed by atoms with Gasteiger partial charge in [0, 0.05) is 23.1 Å². The van der Waals surface area contributed by atoms with Crippen LogP contribution in [0.5, 0.6) is 0 Å². The number of hydrazone groups is 1. The van der Waals surface area contributed by atoms with E-state index in [1.54, 1.807) is 0 Å². The number of carbonyl (C=O) groups is 1. The molecule has 0 spiro atoms. The minimum absolute atomic E-state index is 0.202. The number of pyridine rings is 1. The average Bonchev–Trinajstić information content (AvgIpc) is 3.37. The molecule has 1 amide bonds. The Bertz CT molecular complexity index is 1130. The van der Waals surface area contributed by atoms with Crippen LogP contribution in [0.3, 0.4) is 0 Å². The molecule has 0 radical (unpaired) electrons. The predicted molar refractivity (Wildman–Crippen MR) is 117 cm³/mol. The molecule has 144 valence electrons. The first kappa shape index (κ1) is 17.8. The van der Waals surface area contributed by atoms with Gasteiger partial charge in [-0.15, -0.1) is 0 Å². The lowest BCUT2D eigenvalue weighted by Gasteiger charge is -2.12. The Morgan fingerprint density at radius 2 is 1.93 bits per heavy atom. The van der Waals surface area contributed by atoms with Gasteiger partial charge in [0.15, 0.2) is 0 Å². The van der Waals surface area contributed by atoms with Gasteiger partial charge in [-0.05, 0) is 43.7 Å². The van der Waals surface area contributed by atoms with Crippen LogP contribution in [0.15, 0.2) is 71.9 Å². The van der Waals surface area contributed by atoms with Crippen LogP contribution in [0.4, 0.5) is 0 Å². The number of para-hydroxylation sites is 1. The van der Waals surface area contributed by atoms with E-state index in [-0.39, 0.29) is 5.91 Å². The van der Waals surface area contributed by atoms with E-state index in [1.807, 2.05) is 48.7 Å². The van der Waals surface area contributed by atoms with Gasteiger partial charge in [-0.3, -0.25) is 4.79 Å². The smallest absolute Gasteiger partial charge is 0.267 e. The summed E-state index contributed by atoms with van der Waals surface area (Å²) in [7, 11) is 0. The van der Waals surface area contributed by atoms with Crippen LogP contribution >= 0.6 is 0 Å². The van der Waals surface area contributed by atoms with Gasteiger partial charge >= 0.3 is 0 Å². The number of rotatable bonds is 4. The minimum atomic E-state index is -0.202. The van der Waals surface area contributed by atoms with Crippen molar-refractivity contribution in [2.75, 3.05) is 0 Å². The van der Waals surface area contributed by atoms with Crippen LogP contribution in [-0.4, -0.2) is 17.1 Å². The zero-order valence-electron chi connectivity index (χ0n) is 16.4. The summed E-state index contributed by atoms with van der Waals surface area (Å²) in [5.41, 5.74) is 7.11. The van der Waals surface area contributed by atoms with E-state index in [9.17, 15) is 4.79 Å². The van der Waals surface area contributed by atoms with Crippen molar-refractivity contribution in [2.24, 2.45) is 22.9 Å². The van der Waals surface area contributed by atoms with Crippen molar-refractivity contribution in [1.29, 1.82) is 0 Å². The molecular weight excluding hydrogens is 358 g/mol. The molecular formula is C25H23N3O. The summed E-state index contributed by atoms with van der Waals surface area (Å²) >= 11 is 0. The highest BCUT2D eigenvalue weighted by Gasteiger charge is 2.34. The molecule has 29 heavy (non-hydrogen) atoms.